The third-order valence-electron chi connectivity index (χ3n) is 4.33. The fraction of sp³-hybridized carbons (Fsp3) is 0.250. The molecule has 0 radical (unpaired) electrons. The number of rotatable bonds is 4. The second-order valence-corrected chi connectivity index (χ2v) is 6.62. The van der Waals surface area contributed by atoms with Gasteiger partial charge in [-0.1, -0.05) is 17.3 Å². The number of para-hydroxylation sites is 1. The maximum absolute atomic E-state index is 12.9. The van der Waals surface area contributed by atoms with Gasteiger partial charge in [-0.3, -0.25) is 14.2 Å². The van der Waals surface area contributed by atoms with Crippen LogP contribution in [0.15, 0.2) is 40.9 Å². The number of nitrogens with zero attached hydrogens (tertiary/aromatic N) is 3. The topological polar surface area (TPSA) is 80.4 Å². The third kappa shape index (κ3) is 3.48. The molecular formula is C20H22N4O3. The van der Waals surface area contributed by atoms with Crippen LogP contribution < -0.4 is 5.32 Å². The number of nitrogens with one attached hydrogen (secondary N) is 1. The van der Waals surface area contributed by atoms with E-state index in [4.69, 9.17) is 4.52 Å². The van der Waals surface area contributed by atoms with E-state index >= 15 is 0 Å². The molecule has 0 spiro atoms. The zero-order valence-corrected chi connectivity index (χ0v) is 16.0. The van der Waals surface area contributed by atoms with Crippen LogP contribution in [0.4, 0.5) is 5.69 Å². The van der Waals surface area contributed by atoms with Crippen molar-refractivity contribution < 1.29 is 14.1 Å². The summed E-state index contributed by atoms with van der Waals surface area (Å²) in [5.41, 5.74) is 3.04. The van der Waals surface area contributed by atoms with E-state index in [0.717, 1.165) is 11.4 Å². The molecule has 0 unspecified atom stereocenters. The van der Waals surface area contributed by atoms with Crippen LogP contribution >= 0.6 is 0 Å². The van der Waals surface area contributed by atoms with E-state index in [1.54, 1.807) is 44.4 Å². The van der Waals surface area contributed by atoms with Crippen LogP contribution in [0.25, 0.3) is 5.82 Å². The number of amides is 2. The summed E-state index contributed by atoms with van der Waals surface area (Å²) in [5.74, 6) is 0.868. The molecule has 0 bridgehead atoms. The number of anilines is 1. The van der Waals surface area contributed by atoms with E-state index in [2.05, 4.69) is 10.5 Å². The molecule has 0 fully saturated rings. The maximum Gasteiger partial charge on any atom is 0.257 e. The van der Waals surface area contributed by atoms with Crippen molar-refractivity contribution >= 4 is 17.5 Å². The van der Waals surface area contributed by atoms with E-state index in [9.17, 15) is 9.59 Å². The van der Waals surface area contributed by atoms with Gasteiger partial charge in [-0.2, -0.15) is 0 Å². The van der Waals surface area contributed by atoms with Gasteiger partial charge in [-0.15, -0.1) is 0 Å². The fourth-order valence-electron chi connectivity index (χ4n) is 3.01. The SMILES string of the molecule is Cc1cc(-n2c(C)cc(C(=O)Nc3ccccc3C(=O)N(C)C)c2C)no1. The van der Waals surface area contributed by atoms with Crippen LogP contribution in [0.3, 0.4) is 0 Å². The summed E-state index contributed by atoms with van der Waals surface area (Å²) < 4.78 is 7.01. The zero-order valence-electron chi connectivity index (χ0n) is 16.0. The minimum atomic E-state index is -0.284. The highest BCUT2D eigenvalue weighted by atomic mass is 16.5. The molecule has 0 atom stereocenters. The Balaban J connectivity index is 1.94. The minimum absolute atomic E-state index is 0.172. The summed E-state index contributed by atoms with van der Waals surface area (Å²) in [5, 5.41) is 6.88. The molecule has 2 aromatic heterocycles. The van der Waals surface area contributed by atoms with Crippen molar-refractivity contribution in [3.8, 4) is 5.82 Å². The molecule has 0 saturated carbocycles. The summed E-state index contributed by atoms with van der Waals surface area (Å²) in [6, 6.07) is 10.6. The van der Waals surface area contributed by atoms with Gasteiger partial charge >= 0.3 is 0 Å². The van der Waals surface area contributed by atoms with Gasteiger partial charge in [0.25, 0.3) is 11.8 Å². The van der Waals surface area contributed by atoms with Crippen molar-refractivity contribution in [3.63, 3.8) is 0 Å². The van der Waals surface area contributed by atoms with Gasteiger partial charge in [0.15, 0.2) is 5.82 Å². The molecule has 0 aliphatic rings. The first-order valence-electron chi connectivity index (χ1n) is 8.54. The molecule has 2 amide bonds. The second-order valence-electron chi connectivity index (χ2n) is 6.62. The average molecular weight is 366 g/mol. The molecule has 0 aliphatic carbocycles. The number of benzene rings is 1. The van der Waals surface area contributed by atoms with Crippen LogP contribution in [-0.2, 0) is 0 Å². The lowest BCUT2D eigenvalue weighted by molar-refractivity contribution is 0.0828. The smallest absolute Gasteiger partial charge is 0.257 e. The lowest BCUT2D eigenvalue weighted by atomic mass is 10.1. The van der Waals surface area contributed by atoms with Gasteiger partial charge in [-0.25, -0.2) is 0 Å². The molecular weight excluding hydrogens is 344 g/mol. The Morgan fingerprint density at radius 1 is 1.07 bits per heavy atom. The lowest BCUT2D eigenvalue weighted by Gasteiger charge is -2.14. The first-order valence-corrected chi connectivity index (χ1v) is 8.54. The molecule has 7 heteroatoms. The number of aryl methyl sites for hydroxylation is 2. The van der Waals surface area contributed by atoms with Crippen molar-refractivity contribution in [3.05, 3.63) is 64.7 Å². The van der Waals surface area contributed by atoms with E-state index in [-0.39, 0.29) is 11.8 Å². The maximum atomic E-state index is 12.9. The van der Waals surface area contributed by atoms with Crippen molar-refractivity contribution in [1.29, 1.82) is 0 Å². The van der Waals surface area contributed by atoms with Crippen molar-refractivity contribution in [1.82, 2.24) is 14.6 Å². The van der Waals surface area contributed by atoms with Crippen LogP contribution in [0.2, 0.25) is 0 Å². The van der Waals surface area contributed by atoms with Gasteiger partial charge in [0.05, 0.1) is 16.8 Å². The number of hydrogen-bond acceptors (Lipinski definition) is 4. The minimum Gasteiger partial charge on any atom is -0.360 e. The Bertz CT molecular complexity index is 1010. The fourth-order valence-corrected chi connectivity index (χ4v) is 3.01. The summed E-state index contributed by atoms with van der Waals surface area (Å²) in [6.45, 7) is 5.57. The Kier molecular flexibility index (Phi) is 4.85. The van der Waals surface area contributed by atoms with Gasteiger partial charge in [0.1, 0.15) is 5.76 Å². The van der Waals surface area contributed by atoms with Crippen molar-refractivity contribution in [2.24, 2.45) is 0 Å². The van der Waals surface area contributed by atoms with Crippen LogP contribution in [0, 0.1) is 20.8 Å². The predicted molar refractivity (Wildman–Crippen MR) is 102 cm³/mol. The van der Waals surface area contributed by atoms with Gasteiger partial charge in [-0.05, 0) is 39.0 Å². The highest BCUT2D eigenvalue weighted by Crippen LogP contribution is 2.23. The Morgan fingerprint density at radius 3 is 2.41 bits per heavy atom. The molecule has 140 valence electrons. The molecule has 27 heavy (non-hydrogen) atoms. The Morgan fingerprint density at radius 2 is 1.78 bits per heavy atom. The number of aromatic nitrogens is 2. The molecule has 2 heterocycles. The summed E-state index contributed by atoms with van der Waals surface area (Å²) >= 11 is 0. The van der Waals surface area contributed by atoms with E-state index in [1.165, 1.54) is 4.90 Å². The second kappa shape index (κ2) is 7.11. The van der Waals surface area contributed by atoms with Crippen molar-refractivity contribution in [2.45, 2.75) is 20.8 Å². The molecule has 3 rings (SSSR count). The average Bonchev–Trinajstić information content (AvgIpc) is 3.17. The first kappa shape index (κ1) is 18.4. The summed E-state index contributed by atoms with van der Waals surface area (Å²) in [4.78, 5) is 26.7. The third-order valence-corrected chi connectivity index (χ3v) is 4.33. The largest absolute Gasteiger partial charge is 0.360 e. The van der Waals surface area contributed by atoms with Crippen molar-refractivity contribution in [2.75, 3.05) is 19.4 Å². The highest BCUT2D eigenvalue weighted by Gasteiger charge is 2.20. The molecule has 0 aliphatic heterocycles. The molecule has 3 aromatic rings. The van der Waals surface area contributed by atoms with Gasteiger partial charge < -0.3 is 14.7 Å². The highest BCUT2D eigenvalue weighted by molar-refractivity contribution is 6.09. The van der Waals surface area contributed by atoms with Crippen LogP contribution in [0.5, 0.6) is 0 Å². The quantitative estimate of drug-likeness (QED) is 0.768. The van der Waals surface area contributed by atoms with Gasteiger partial charge in [0, 0.05) is 31.5 Å². The zero-order chi connectivity index (χ0) is 19.7. The summed E-state index contributed by atoms with van der Waals surface area (Å²) in [7, 11) is 3.35. The molecule has 0 saturated heterocycles. The van der Waals surface area contributed by atoms with Crippen LogP contribution in [-0.4, -0.2) is 40.5 Å². The van der Waals surface area contributed by atoms with E-state index in [1.807, 2.05) is 31.4 Å². The lowest BCUT2D eigenvalue weighted by Crippen LogP contribution is -2.24. The summed E-state index contributed by atoms with van der Waals surface area (Å²) in [6.07, 6.45) is 0. The Labute approximate surface area is 157 Å². The first-order chi connectivity index (χ1) is 12.8. The molecule has 7 nitrogen and oxygen atoms in total. The molecule has 1 aromatic carbocycles. The number of carbonyl (C=O) groups is 2. The normalized spacial score (nSPS) is 10.7. The van der Waals surface area contributed by atoms with Gasteiger partial charge in [0.2, 0.25) is 0 Å². The van der Waals surface area contributed by atoms with E-state index < -0.39 is 0 Å². The monoisotopic (exact) mass is 366 g/mol. The van der Waals surface area contributed by atoms with Crippen LogP contribution in [0.1, 0.15) is 37.9 Å². The predicted octanol–water partition coefficient (Wildman–Crippen LogP) is 3.34. The molecule has 1 N–H and O–H groups in total. The Hall–Kier alpha value is -3.35. The number of carbonyl (C=O) groups excluding carboxylic acids is 2. The van der Waals surface area contributed by atoms with E-state index in [0.29, 0.717) is 28.4 Å². The number of hydrogen-bond donors (Lipinski definition) is 1. The standard InChI is InChI=1S/C20H22N4O3/c1-12-10-16(14(3)24(12)18-11-13(2)27-22-18)19(25)21-17-9-7-6-8-15(17)20(26)23(4)5/h6-11H,1-5H3,(H,21,25).